The molecule has 1 aliphatic rings. The van der Waals surface area contributed by atoms with Crippen molar-refractivity contribution in [3.63, 3.8) is 0 Å². The van der Waals surface area contributed by atoms with E-state index in [1.165, 1.54) is 31.5 Å². The Kier molecular flexibility index (Phi) is 7.00. The smallest absolute Gasteiger partial charge is 0.310 e. The summed E-state index contributed by atoms with van der Waals surface area (Å²) in [7, 11) is 0. The van der Waals surface area contributed by atoms with Gasteiger partial charge in [-0.2, -0.15) is 0 Å². The van der Waals surface area contributed by atoms with Crippen LogP contribution in [-0.4, -0.2) is 28.9 Å². The molecule has 0 heterocycles. The Hall–Kier alpha value is -3.42. The molecule has 2 amide bonds. The molecule has 8 nitrogen and oxygen atoms in total. The van der Waals surface area contributed by atoms with E-state index in [-0.39, 0.29) is 23.4 Å². The number of nitro benzene ring substituents is 1. The van der Waals surface area contributed by atoms with Crippen molar-refractivity contribution in [1.29, 1.82) is 0 Å². The van der Waals surface area contributed by atoms with Gasteiger partial charge in [0.25, 0.3) is 11.8 Å². The number of hydrogen-bond acceptors (Lipinski definition) is 5. The van der Waals surface area contributed by atoms with Gasteiger partial charge in [0.15, 0.2) is 11.9 Å². The summed E-state index contributed by atoms with van der Waals surface area (Å²) in [5, 5.41) is 16.9. The first-order valence-corrected chi connectivity index (χ1v) is 10.1. The third kappa shape index (κ3) is 5.34. The van der Waals surface area contributed by atoms with Crippen molar-refractivity contribution < 1.29 is 19.2 Å². The van der Waals surface area contributed by atoms with Crippen molar-refractivity contribution >= 4 is 23.2 Å². The van der Waals surface area contributed by atoms with Crippen LogP contribution < -0.4 is 15.4 Å². The van der Waals surface area contributed by atoms with Crippen molar-refractivity contribution in [2.75, 3.05) is 5.32 Å². The van der Waals surface area contributed by atoms with Gasteiger partial charge in [0.05, 0.1) is 16.2 Å². The van der Waals surface area contributed by atoms with Gasteiger partial charge in [-0.15, -0.1) is 0 Å². The number of carbonyl (C=O) groups excluding carboxylic acids is 2. The lowest BCUT2D eigenvalue weighted by atomic mass is 9.95. The molecule has 0 aliphatic heterocycles. The third-order valence-corrected chi connectivity index (χ3v) is 5.10. The van der Waals surface area contributed by atoms with Crippen molar-refractivity contribution in [1.82, 2.24) is 5.32 Å². The highest BCUT2D eigenvalue weighted by atomic mass is 16.6. The van der Waals surface area contributed by atoms with Crippen molar-refractivity contribution in [3.8, 4) is 5.75 Å². The number of para-hydroxylation sites is 3. The van der Waals surface area contributed by atoms with E-state index in [9.17, 15) is 19.7 Å². The average molecular weight is 411 g/mol. The van der Waals surface area contributed by atoms with E-state index in [0.717, 1.165) is 25.7 Å². The van der Waals surface area contributed by atoms with Crippen molar-refractivity contribution in [2.45, 2.75) is 51.2 Å². The average Bonchev–Trinajstić information content (AvgIpc) is 2.75. The highest BCUT2D eigenvalue weighted by Gasteiger charge is 2.23. The van der Waals surface area contributed by atoms with Crippen LogP contribution in [-0.2, 0) is 4.79 Å². The number of rotatable bonds is 7. The zero-order valence-electron chi connectivity index (χ0n) is 16.8. The van der Waals surface area contributed by atoms with E-state index >= 15 is 0 Å². The predicted octanol–water partition coefficient (Wildman–Crippen LogP) is 4.06. The Morgan fingerprint density at radius 2 is 1.73 bits per heavy atom. The summed E-state index contributed by atoms with van der Waals surface area (Å²) in [5.41, 5.74) is 0.521. The molecule has 0 saturated heterocycles. The van der Waals surface area contributed by atoms with E-state index < -0.39 is 16.9 Å². The Bertz CT molecular complexity index is 924. The van der Waals surface area contributed by atoms with Gasteiger partial charge in [-0.3, -0.25) is 19.7 Å². The summed E-state index contributed by atoms with van der Waals surface area (Å²) in [4.78, 5) is 35.9. The fraction of sp³-hybridized carbons (Fsp3) is 0.364. The molecule has 158 valence electrons. The van der Waals surface area contributed by atoms with Crippen LogP contribution in [0.3, 0.4) is 0 Å². The maximum Gasteiger partial charge on any atom is 0.310 e. The quantitative estimate of drug-likeness (QED) is 0.527. The van der Waals surface area contributed by atoms with E-state index in [4.69, 9.17) is 4.74 Å². The molecule has 0 bridgehead atoms. The monoisotopic (exact) mass is 411 g/mol. The zero-order valence-corrected chi connectivity index (χ0v) is 16.8. The van der Waals surface area contributed by atoms with Gasteiger partial charge in [-0.25, -0.2) is 0 Å². The number of hydrogen-bond donors (Lipinski definition) is 2. The normalized spacial score (nSPS) is 15.1. The number of benzene rings is 2. The standard InChI is InChI=1S/C22H25N3O5/c1-15(30-20-14-8-7-13-19(20)25(28)29)21(26)24-18-12-6-5-11-17(18)22(27)23-16-9-3-2-4-10-16/h5-8,11-16H,2-4,9-10H2,1H3,(H,23,27)(H,24,26)/t15-/m1/s1. The van der Waals surface area contributed by atoms with E-state index in [1.54, 1.807) is 30.3 Å². The third-order valence-electron chi connectivity index (χ3n) is 5.10. The van der Waals surface area contributed by atoms with E-state index in [2.05, 4.69) is 10.6 Å². The van der Waals surface area contributed by atoms with Crippen LogP contribution in [0.25, 0.3) is 0 Å². The molecule has 0 spiro atoms. The van der Waals surface area contributed by atoms with E-state index in [0.29, 0.717) is 11.3 Å². The van der Waals surface area contributed by atoms with Crippen LogP contribution in [0, 0.1) is 10.1 Å². The summed E-state index contributed by atoms with van der Waals surface area (Å²) in [6.45, 7) is 1.50. The summed E-state index contributed by atoms with van der Waals surface area (Å²) in [6, 6.07) is 12.8. The van der Waals surface area contributed by atoms with Crippen LogP contribution in [0.1, 0.15) is 49.4 Å². The molecule has 30 heavy (non-hydrogen) atoms. The van der Waals surface area contributed by atoms with Crippen LogP contribution >= 0.6 is 0 Å². The van der Waals surface area contributed by atoms with Crippen LogP contribution in [0.4, 0.5) is 11.4 Å². The lowest BCUT2D eigenvalue weighted by molar-refractivity contribution is -0.386. The molecule has 1 aliphatic carbocycles. The number of nitrogens with one attached hydrogen (secondary N) is 2. The molecule has 3 rings (SSSR count). The Labute approximate surface area is 174 Å². The highest BCUT2D eigenvalue weighted by molar-refractivity contribution is 6.04. The molecule has 1 fully saturated rings. The van der Waals surface area contributed by atoms with Crippen LogP contribution in [0.2, 0.25) is 0 Å². The minimum Gasteiger partial charge on any atom is -0.474 e. The zero-order chi connectivity index (χ0) is 21.5. The van der Waals surface area contributed by atoms with Crippen LogP contribution in [0.5, 0.6) is 5.75 Å². The SMILES string of the molecule is C[C@@H](Oc1ccccc1[N+](=O)[O-])C(=O)Nc1ccccc1C(=O)NC1CCCCC1. The van der Waals surface area contributed by atoms with Crippen molar-refractivity contribution in [3.05, 3.63) is 64.2 Å². The first-order chi connectivity index (χ1) is 14.5. The van der Waals surface area contributed by atoms with Crippen molar-refractivity contribution in [2.24, 2.45) is 0 Å². The summed E-state index contributed by atoms with van der Waals surface area (Å²) >= 11 is 0. The summed E-state index contributed by atoms with van der Waals surface area (Å²) < 4.78 is 5.51. The Morgan fingerprint density at radius 1 is 1.07 bits per heavy atom. The van der Waals surface area contributed by atoms with Gasteiger partial charge in [0, 0.05) is 12.1 Å². The number of ether oxygens (including phenoxy) is 1. The molecule has 0 aromatic heterocycles. The number of amides is 2. The minimum absolute atomic E-state index is 0.00785. The largest absolute Gasteiger partial charge is 0.474 e. The second kappa shape index (κ2) is 9.87. The maximum atomic E-state index is 12.7. The summed E-state index contributed by atoms with van der Waals surface area (Å²) in [6.07, 6.45) is 4.31. The van der Waals surface area contributed by atoms with Gasteiger partial charge in [-0.1, -0.05) is 43.5 Å². The molecule has 0 unspecified atom stereocenters. The first-order valence-electron chi connectivity index (χ1n) is 10.1. The number of carbonyl (C=O) groups is 2. The van der Waals surface area contributed by atoms with Crippen LogP contribution in [0.15, 0.2) is 48.5 Å². The minimum atomic E-state index is -0.999. The second-order valence-electron chi connectivity index (χ2n) is 7.33. The van der Waals surface area contributed by atoms with Gasteiger partial charge in [0.2, 0.25) is 0 Å². The second-order valence-corrected chi connectivity index (χ2v) is 7.33. The molecule has 2 aromatic carbocycles. The molecule has 2 N–H and O–H groups in total. The van der Waals surface area contributed by atoms with Gasteiger partial charge in [-0.05, 0) is 38.0 Å². The fourth-order valence-corrected chi connectivity index (χ4v) is 3.49. The lowest BCUT2D eigenvalue weighted by Gasteiger charge is -2.23. The molecular formula is C22H25N3O5. The molecule has 1 atom stereocenters. The lowest BCUT2D eigenvalue weighted by Crippen LogP contribution is -2.37. The first kappa shape index (κ1) is 21.3. The van der Waals surface area contributed by atoms with Gasteiger partial charge >= 0.3 is 5.69 Å². The molecule has 1 saturated carbocycles. The van der Waals surface area contributed by atoms with E-state index in [1.807, 2.05) is 0 Å². The molecule has 2 aromatic rings. The van der Waals surface area contributed by atoms with Gasteiger partial charge < -0.3 is 15.4 Å². The van der Waals surface area contributed by atoms with Gasteiger partial charge in [0.1, 0.15) is 0 Å². The maximum absolute atomic E-state index is 12.7. The molecule has 8 heteroatoms. The highest BCUT2D eigenvalue weighted by Crippen LogP contribution is 2.27. The molecule has 0 radical (unpaired) electrons. The number of nitrogens with zero attached hydrogens (tertiary/aromatic N) is 1. The Balaban J connectivity index is 1.68. The summed E-state index contributed by atoms with van der Waals surface area (Å²) in [5.74, 6) is -0.732. The molecular weight excluding hydrogens is 386 g/mol. The number of nitro groups is 1. The Morgan fingerprint density at radius 3 is 2.47 bits per heavy atom. The predicted molar refractivity (Wildman–Crippen MR) is 113 cm³/mol. The fourth-order valence-electron chi connectivity index (χ4n) is 3.49. The number of anilines is 1. The topological polar surface area (TPSA) is 111 Å².